The van der Waals surface area contributed by atoms with Crippen LogP contribution in [-0.2, 0) is 33.8 Å². The van der Waals surface area contributed by atoms with E-state index in [4.69, 9.17) is 19.5 Å². The van der Waals surface area contributed by atoms with E-state index in [2.05, 4.69) is 24.2 Å². The molecule has 1 aliphatic heterocycles. The first-order chi connectivity index (χ1) is 18.2. The summed E-state index contributed by atoms with van der Waals surface area (Å²) in [7, 11) is -10.6. The Kier molecular flexibility index (Phi) is 8.02. The number of carbonyl (C=O) groups excluding carboxylic acids is 1. The highest BCUT2D eigenvalue weighted by Gasteiger charge is 2.46. The molecule has 3 aromatic rings. The van der Waals surface area contributed by atoms with Crippen LogP contribution in [0.15, 0.2) is 17.3 Å². The van der Waals surface area contributed by atoms with Crippen molar-refractivity contribution in [3.05, 3.63) is 39.7 Å². The van der Waals surface area contributed by atoms with Crippen LogP contribution in [0.25, 0.3) is 11.2 Å². The molecule has 4 rings (SSSR count). The van der Waals surface area contributed by atoms with Crippen LogP contribution in [0.2, 0.25) is 0 Å². The molecular formula is C18H22N6O13P2. The number of H-pyrrole nitrogens is 1. The monoisotopic (exact) mass is 592 g/mol. The van der Waals surface area contributed by atoms with Gasteiger partial charge in [-0.15, -0.1) is 0 Å². The van der Waals surface area contributed by atoms with Gasteiger partial charge in [-0.3, -0.25) is 33.2 Å². The predicted molar refractivity (Wildman–Crippen MR) is 126 cm³/mol. The molecule has 0 spiro atoms. The Morgan fingerprint density at radius 3 is 2.62 bits per heavy atom. The van der Waals surface area contributed by atoms with Gasteiger partial charge >= 0.3 is 15.6 Å². The number of aliphatic hydroxyl groups is 2. The first kappa shape index (κ1) is 28.9. The minimum Gasteiger partial charge on any atom is -0.505 e. The van der Waals surface area contributed by atoms with Gasteiger partial charge in [0.2, 0.25) is 5.95 Å². The number of aromatic hydroxyl groups is 1. The van der Waals surface area contributed by atoms with Crippen molar-refractivity contribution >= 4 is 39.0 Å². The van der Waals surface area contributed by atoms with Crippen LogP contribution in [0.3, 0.4) is 0 Å². The molecule has 8 N–H and O–H groups in total. The molecule has 5 atom stereocenters. The maximum absolute atomic E-state index is 13.1. The van der Waals surface area contributed by atoms with Gasteiger partial charge in [0.05, 0.1) is 30.8 Å². The maximum atomic E-state index is 13.1. The zero-order valence-corrected chi connectivity index (χ0v) is 21.5. The first-order valence-electron chi connectivity index (χ1n) is 10.8. The third-order valence-electron chi connectivity index (χ3n) is 5.52. The average Bonchev–Trinajstić information content (AvgIpc) is 3.38. The first-order valence-corrected chi connectivity index (χ1v) is 13.7. The van der Waals surface area contributed by atoms with Gasteiger partial charge in [-0.2, -0.15) is 9.29 Å². The normalized spacial score (nSPS) is 23.2. The number of nitrogens with zero attached hydrogens (tertiary/aromatic N) is 4. The quantitative estimate of drug-likeness (QED) is 0.110. The van der Waals surface area contributed by atoms with Crippen molar-refractivity contribution in [1.29, 1.82) is 0 Å². The molecule has 1 fully saturated rings. The van der Waals surface area contributed by atoms with E-state index in [-0.39, 0.29) is 40.2 Å². The number of fused-ring (bicyclic) bond motifs is 1. The molecule has 21 heteroatoms. The van der Waals surface area contributed by atoms with Crippen molar-refractivity contribution in [2.75, 3.05) is 12.3 Å². The zero-order chi connectivity index (χ0) is 28.7. The van der Waals surface area contributed by atoms with Crippen LogP contribution in [-0.4, -0.2) is 80.8 Å². The fourth-order valence-electron chi connectivity index (χ4n) is 3.65. The van der Waals surface area contributed by atoms with E-state index >= 15 is 0 Å². The molecular weight excluding hydrogens is 570 g/mol. The SMILES string of the molecule is Cc1ncc(COP(=O)(OC[C@H]2O[C@@H](n3cnc4c(=O)[nH]c(N)nc43)[C@H](O)[C@@H]2O)OP(=O)(O)O)c(C=O)c1O. The van der Waals surface area contributed by atoms with Gasteiger partial charge in [0.25, 0.3) is 5.56 Å². The van der Waals surface area contributed by atoms with Crippen LogP contribution in [0.1, 0.15) is 27.8 Å². The van der Waals surface area contributed by atoms with Crippen molar-refractivity contribution in [3.63, 3.8) is 0 Å². The topological polar surface area (TPSA) is 292 Å². The highest BCUT2D eigenvalue weighted by atomic mass is 31.3. The smallest absolute Gasteiger partial charge is 0.484 e. The Labute approximate surface area is 217 Å². The minimum absolute atomic E-state index is 0.0890. The summed E-state index contributed by atoms with van der Waals surface area (Å²) in [6.07, 6.45) is -3.81. The summed E-state index contributed by atoms with van der Waals surface area (Å²) < 4.78 is 45.3. The van der Waals surface area contributed by atoms with Crippen molar-refractivity contribution < 1.29 is 57.1 Å². The molecule has 39 heavy (non-hydrogen) atoms. The largest absolute Gasteiger partial charge is 0.505 e. The third kappa shape index (κ3) is 6.07. The van der Waals surface area contributed by atoms with Crippen LogP contribution in [0.5, 0.6) is 5.75 Å². The number of ether oxygens (including phenoxy) is 1. The van der Waals surface area contributed by atoms with Gasteiger partial charge in [0, 0.05) is 11.8 Å². The van der Waals surface area contributed by atoms with Crippen molar-refractivity contribution in [2.24, 2.45) is 0 Å². The lowest BCUT2D eigenvalue weighted by atomic mass is 10.1. The van der Waals surface area contributed by atoms with E-state index < -0.39 is 64.7 Å². The Morgan fingerprint density at radius 2 is 1.95 bits per heavy atom. The fraction of sp³-hybridized carbons (Fsp3) is 0.389. The van der Waals surface area contributed by atoms with Gasteiger partial charge in [0.1, 0.15) is 24.1 Å². The van der Waals surface area contributed by atoms with Crippen LogP contribution in [0.4, 0.5) is 5.95 Å². The average molecular weight is 592 g/mol. The number of nitrogen functional groups attached to an aromatic ring is 1. The number of rotatable bonds is 10. The number of aldehydes is 1. The predicted octanol–water partition coefficient (Wildman–Crippen LogP) is -1.01. The molecule has 0 aliphatic carbocycles. The highest BCUT2D eigenvalue weighted by Crippen LogP contribution is 2.61. The number of anilines is 1. The Morgan fingerprint density at radius 1 is 1.23 bits per heavy atom. The van der Waals surface area contributed by atoms with Gasteiger partial charge in [-0.1, -0.05) is 0 Å². The maximum Gasteiger partial charge on any atom is 0.484 e. The molecule has 19 nitrogen and oxygen atoms in total. The molecule has 4 heterocycles. The van der Waals surface area contributed by atoms with E-state index in [1.54, 1.807) is 0 Å². The number of phosphoric ester groups is 1. The lowest BCUT2D eigenvalue weighted by molar-refractivity contribution is -0.0515. The Balaban J connectivity index is 1.53. The number of nitrogens with one attached hydrogen (secondary N) is 1. The van der Waals surface area contributed by atoms with Crippen LogP contribution in [0, 0.1) is 6.92 Å². The molecule has 0 amide bonds. The summed E-state index contributed by atoms with van der Waals surface area (Å²) in [4.78, 5) is 55.6. The number of carbonyl (C=O) groups is 1. The molecule has 1 unspecified atom stereocenters. The van der Waals surface area contributed by atoms with Crippen LogP contribution >= 0.6 is 15.6 Å². The molecule has 0 radical (unpaired) electrons. The van der Waals surface area contributed by atoms with Gasteiger partial charge in [-0.25, -0.2) is 14.1 Å². The molecule has 0 saturated carbocycles. The van der Waals surface area contributed by atoms with E-state index in [0.29, 0.717) is 0 Å². The molecule has 212 valence electrons. The highest BCUT2D eigenvalue weighted by molar-refractivity contribution is 7.61. The van der Waals surface area contributed by atoms with Gasteiger partial charge in [-0.05, 0) is 6.92 Å². The summed E-state index contributed by atoms with van der Waals surface area (Å²) in [5.41, 5.74) is 4.34. The summed E-state index contributed by atoms with van der Waals surface area (Å²) in [5, 5.41) is 31.0. The minimum atomic E-state index is -5.49. The van der Waals surface area contributed by atoms with E-state index in [9.17, 15) is 43.8 Å². The number of imidazole rings is 1. The Bertz CT molecular complexity index is 1550. The molecule has 1 aliphatic rings. The molecule has 0 aromatic carbocycles. The van der Waals surface area contributed by atoms with Crippen LogP contribution < -0.4 is 11.3 Å². The number of aliphatic hydroxyl groups excluding tert-OH is 2. The van der Waals surface area contributed by atoms with Crippen molar-refractivity contribution in [3.8, 4) is 5.75 Å². The lowest BCUT2D eigenvalue weighted by Gasteiger charge is -2.21. The van der Waals surface area contributed by atoms with Gasteiger partial charge < -0.3 is 35.6 Å². The zero-order valence-electron chi connectivity index (χ0n) is 19.7. The number of aromatic amines is 1. The number of phosphoric acid groups is 2. The number of hydrogen-bond acceptors (Lipinski definition) is 15. The van der Waals surface area contributed by atoms with E-state index in [0.717, 1.165) is 17.1 Å². The summed E-state index contributed by atoms with van der Waals surface area (Å²) in [6.45, 7) is -0.303. The summed E-state index contributed by atoms with van der Waals surface area (Å²) in [6, 6.07) is 0. The summed E-state index contributed by atoms with van der Waals surface area (Å²) in [5.74, 6) is -0.754. The molecule has 0 bridgehead atoms. The molecule has 3 aromatic heterocycles. The number of hydrogen-bond donors (Lipinski definition) is 7. The van der Waals surface area contributed by atoms with E-state index in [1.165, 1.54) is 6.92 Å². The lowest BCUT2D eigenvalue weighted by Crippen LogP contribution is -2.33. The fourth-order valence-corrected chi connectivity index (χ4v) is 5.77. The van der Waals surface area contributed by atoms with E-state index in [1.807, 2.05) is 0 Å². The molecule has 1 saturated heterocycles. The number of pyridine rings is 1. The summed E-state index contributed by atoms with van der Waals surface area (Å²) >= 11 is 0. The second kappa shape index (κ2) is 10.8. The second-order valence-electron chi connectivity index (χ2n) is 8.16. The standard InChI is InChI=1S/C18H22N6O13P2/c1-7-12(26)9(3-25)8(2-20-7)4-34-39(33,37-38(30,31)32)35-5-10-13(27)14(28)17(36-10)24-6-21-11-15(24)22-18(19)23-16(11)29/h2-3,6,10,13-14,17,26-28H,4-5H2,1H3,(H2,30,31,32)(H3,19,22,23,29)/t10-,13-,14-,17-,39?/m1/s1. The number of aromatic nitrogens is 5. The third-order valence-corrected chi connectivity index (χ3v) is 8.08. The van der Waals surface area contributed by atoms with Crippen molar-refractivity contribution in [2.45, 2.75) is 38.1 Å². The van der Waals surface area contributed by atoms with Crippen molar-refractivity contribution in [1.82, 2.24) is 24.5 Å². The second-order valence-corrected chi connectivity index (χ2v) is 11.2. The Hall–Kier alpha value is -3.09. The number of nitrogens with two attached hydrogens (primary N) is 1. The number of aryl methyl sites for hydroxylation is 1. The van der Waals surface area contributed by atoms with Gasteiger partial charge in [0.15, 0.2) is 23.7 Å².